The molecular formula is C23H19F3N4O2S. The lowest BCUT2D eigenvalue weighted by molar-refractivity contribution is -0.141. The number of hydrogen-bond acceptors (Lipinski definition) is 3. The minimum absolute atomic E-state index is 0.285. The summed E-state index contributed by atoms with van der Waals surface area (Å²) in [5, 5.41) is 3.79. The third-order valence-electron chi connectivity index (χ3n) is 4.96. The normalized spacial score (nSPS) is 12.5. The maximum Gasteiger partial charge on any atom is 0.435 e. The number of halogens is 3. The highest BCUT2D eigenvalue weighted by atomic mass is 32.2. The number of hydrazine groups is 1. The van der Waals surface area contributed by atoms with E-state index in [1.165, 1.54) is 4.68 Å². The summed E-state index contributed by atoms with van der Waals surface area (Å²) in [6.07, 6.45) is -4.60. The molecule has 0 aliphatic heterocycles. The summed E-state index contributed by atoms with van der Waals surface area (Å²) in [6, 6.07) is 22.5. The predicted octanol–water partition coefficient (Wildman–Crippen LogP) is 5.59. The maximum absolute atomic E-state index is 13.4. The molecular weight excluding hydrogens is 453 g/mol. The minimum Gasteiger partial charge on any atom is -0.308 e. The molecule has 3 aromatic carbocycles. The van der Waals surface area contributed by atoms with Gasteiger partial charge in [-0.15, -0.1) is 4.83 Å². The summed E-state index contributed by atoms with van der Waals surface area (Å²) in [5.41, 5.74) is 6.33. The Bertz CT molecular complexity index is 1270. The van der Waals surface area contributed by atoms with Crippen LogP contribution >= 0.6 is 0 Å². The largest absolute Gasteiger partial charge is 0.435 e. The van der Waals surface area contributed by atoms with Crippen LogP contribution < -0.4 is 10.3 Å². The zero-order chi connectivity index (χ0) is 23.6. The molecule has 0 bridgehead atoms. The number of hydrogen-bond donors (Lipinski definition) is 3. The van der Waals surface area contributed by atoms with Crippen molar-refractivity contribution in [2.75, 3.05) is 5.43 Å². The highest BCUT2D eigenvalue weighted by molar-refractivity contribution is 7.77. The van der Waals surface area contributed by atoms with Crippen LogP contribution in [0.4, 0.5) is 18.9 Å². The number of nitrogens with one attached hydrogen (secondary N) is 2. The summed E-state index contributed by atoms with van der Waals surface area (Å²) in [7, 11) is 0. The molecule has 10 heteroatoms. The average molecular weight is 472 g/mol. The Labute approximate surface area is 190 Å². The van der Waals surface area contributed by atoms with Gasteiger partial charge in [0.1, 0.15) is 0 Å². The topological polar surface area (TPSA) is 79.2 Å². The third-order valence-corrected chi connectivity index (χ3v) is 5.24. The van der Waals surface area contributed by atoms with Gasteiger partial charge in [0, 0.05) is 11.3 Å². The molecule has 0 aliphatic rings. The fourth-order valence-electron chi connectivity index (χ4n) is 3.29. The minimum atomic E-state index is -4.60. The van der Waals surface area contributed by atoms with Crippen molar-refractivity contribution in [1.29, 1.82) is 0 Å². The van der Waals surface area contributed by atoms with Crippen LogP contribution in [0.5, 0.6) is 0 Å². The molecule has 3 N–H and O–H groups in total. The van der Waals surface area contributed by atoms with Gasteiger partial charge < -0.3 is 5.43 Å². The SMILES string of the molecule is Cc1ccc(-c2ccc(-c3cc(C(F)(F)F)nn3-c3ccc(NNS(=O)O)cc3)cc2)cc1. The molecule has 1 aromatic heterocycles. The number of rotatable bonds is 6. The van der Waals surface area contributed by atoms with Gasteiger partial charge in [-0.1, -0.05) is 54.1 Å². The van der Waals surface area contributed by atoms with E-state index in [2.05, 4.69) is 15.4 Å². The Morgan fingerprint density at radius 3 is 1.97 bits per heavy atom. The maximum atomic E-state index is 13.4. The van der Waals surface area contributed by atoms with Crippen molar-refractivity contribution in [2.24, 2.45) is 0 Å². The molecule has 4 aromatic rings. The van der Waals surface area contributed by atoms with Gasteiger partial charge in [0.25, 0.3) is 0 Å². The molecule has 33 heavy (non-hydrogen) atoms. The van der Waals surface area contributed by atoms with Crippen LogP contribution in [0.25, 0.3) is 28.1 Å². The van der Waals surface area contributed by atoms with Crippen LogP contribution in [0.1, 0.15) is 11.3 Å². The Kier molecular flexibility index (Phi) is 6.32. The van der Waals surface area contributed by atoms with Crippen LogP contribution in [0.3, 0.4) is 0 Å². The van der Waals surface area contributed by atoms with E-state index in [-0.39, 0.29) is 5.69 Å². The second-order valence-corrected chi connectivity index (χ2v) is 7.99. The Hall–Kier alpha value is -3.47. The van der Waals surface area contributed by atoms with E-state index in [4.69, 9.17) is 4.55 Å². The lowest BCUT2D eigenvalue weighted by Gasteiger charge is -2.10. The standard InChI is InChI=1S/C23H19F3N4O2S/c1-15-2-4-16(5-3-15)17-6-8-18(9-7-17)21-14-22(23(24,25)26)28-30(21)20-12-10-19(11-13-20)27-29-33(31)32/h2-14,27,29H,1H3,(H,31,32). The molecule has 170 valence electrons. The fraction of sp³-hybridized carbons (Fsp3) is 0.0870. The first-order valence-electron chi connectivity index (χ1n) is 9.78. The van der Waals surface area contributed by atoms with Crippen LogP contribution in [-0.4, -0.2) is 18.5 Å². The quantitative estimate of drug-likeness (QED) is 0.253. The van der Waals surface area contributed by atoms with Crippen molar-refractivity contribution in [2.45, 2.75) is 13.1 Å². The molecule has 0 saturated carbocycles. The number of anilines is 1. The monoisotopic (exact) mass is 472 g/mol. The van der Waals surface area contributed by atoms with E-state index in [1.807, 2.05) is 43.3 Å². The number of nitrogens with zero attached hydrogens (tertiary/aromatic N) is 2. The van der Waals surface area contributed by atoms with E-state index in [1.54, 1.807) is 36.4 Å². The Morgan fingerprint density at radius 2 is 1.42 bits per heavy atom. The summed E-state index contributed by atoms with van der Waals surface area (Å²) in [4.78, 5) is 2.11. The van der Waals surface area contributed by atoms with Crippen LogP contribution in [0.15, 0.2) is 78.9 Å². The number of benzene rings is 3. The summed E-state index contributed by atoms with van der Waals surface area (Å²) in [5.74, 6) is 0. The fourth-order valence-corrected chi connectivity index (χ4v) is 3.50. The molecule has 4 rings (SSSR count). The van der Waals surface area contributed by atoms with Gasteiger partial charge in [-0.3, -0.25) is 4.55 Å². The molecule has 0 spiro atoms. The van der Waals surface area contributed by atoms with Crippen molar-refractivity contribution < 1.29 is 21.9 Å². The van der Waals surface area contributed by atoms with E-state index < -0.39 is 23.1 Å². The van der Waals surface area contributed by atoms with Crippen molar-refractivity contribution in [3.8, 4) is 28.1 Å². The smallest absolute Gasteiger partial charge is 0.308 e. The van der Waals surface area contributed by atoms with E-state index >= 15 is 0 Å². The zero-order valence-electron chi connectivity index (χ0n) is 17.3. The summed E-state index contributed by atoms with van der Waals surface area (Å²) < 4.78 is 61.0. The second kappa shape index (κ2) is 9.18. The first kappa shape index (κ1) is 22.7. The van der Waals surface area contributed by atoms with Crippen molar-refractivity contribution >= 4 is 17.0 Å². The van der Waals surface area contributed by atoms with Gasteiger partial charge in [-0.2, -0.15) is 18.3 Å². The Balaban J connectivity index is 1.70. The number of aryl methyl sites for hydroxylation is 1. The van der Waals surface area contributed by atoms with E-state index in [9.17, 15) is 17.4 Å². The van der Waals surface area contributed by atoms with Gasteiger partial charge in [0.05, 0.1) is 11.4 Å². The number of aromatic nitrogens is 2. The predicted molar refractivity (Wildman–Crippen MR) is 122 cm³/mol. The summed E-state index contributed by atoms with van der Waals surface area (Å²) >= 11 is -2.26. The molecule has 1 atom stereocenters. The molecule has 0 radical (unpaired) electrons. The first-order valence-corrected chi connectivity index (χ1v) is 10.9. The lowest BCUT2D eigenvalue weighted by Crippen LogP contribution is -2.23. The lowest BCUT2D eigenvalue weighted by atomic mass is 10.0. The molecule has 6 nitrogen and oxygen atoms in total. The molecule has 0 fully saturated rings. The van der Waals surface area contributed by atoms with E-state index in [0.29, 0.717) is 16.9 Å². The van der Waals surface area contributed by atoms with Crippen LogP contribution in [-0.2, 0) is 17.4 Å². The first-order chi connectivity index (χ1) is 15.7. The van der Waals surface area contributed by atoms with Crippen LogP contribution in [0.2, 0.25) is 0 Å². The van der Waals surface area contributed by atoms with Gasteiger partial charge in [0.15, 0.2) is 5.69 Å². The van der Waals surface area contributed by atoms with Crippen molar-refractivity contribution in [1.82, 2.24) is 14.6 Å². The highest BCUT2D eigenvalue weighted by Gasteiger charge is 2.35. The van der Waals surface area contributed by atoms with Crippen LogP contribution in [0, 0.1) is 6.92 Å². The Morgan fingerprint density at radius 1 is 0.879 bits per heavy atom. The molecule has 1 unspecified atom stereocenters. The van der Waals surface area contributed by atoms with Gasteiger partial charge in [-0.05, 0) is 48.4 Å². The van der Waals surface area contributed by atoms with Gasteiger partial charge in [-0.25, -0.2) is 8.89 Å². The van der Waals surface area contributed by atoms with E-state index in [0.717, 1.165) is 22.8 Å². The van der Waals surface area contributed by atoms with Crippen molar-refractivity contribution in [3.63, 3.8) is 0 Å². The van der Waals surface area contributed by atoms with Gasteiger partial charge >= 0.3 is 6.18 Å². The third kappa shape index (κ3) is 5.30. The summed E-state index contributed by atoms with van der Waals surface area (Å²) in [6.45, 7) is 2.00. The average Bonchev–Trinajstić information content (AvgIpc) is 3.25. The second-order valence-electron chi connectivity index (χ2n) is 7.29. The molecule has 0 aliphatic carbocycles. The number of alkyl halides is 3. The zero-order valence-corrected chi connectivity index (χ0v) is 18.1. The molecule has 0 amide bonds. The molecule has 1 heterocycles. The van der Waals surface area contributed by atoms with Gasteiger partial charge in [0.2, 0.25) is 11.3 Å². The molecule has 0 saturated heterocycles. The van der Waals surface area contributed by atoms with Crippen molar-refractivity contribution in [3.05, 3.63) is 90.1 Å². The highest BCUT2D eigenvalue weighted by Crippen LogP contribution is 2.34.